The van der Waals surface area contributed by atoms with Crippen molar-refractivity contribution in [3.05, 3.63) is 56.8 Å². The average Bonchev–Trinajstić information content (AvgIpc) is 2.82. The Morgan fingerprint density at radius 1 is 1.26 bits per heavy atom. The van der Waals surface area contributed by atoms with Crippen LogP contribution in [0, 0.1) is 6.92 Å². The van der Waals surface area contributed by atoms with Gasteiger partial charge in [-0.1, -0.05) is 18.2 Å². The summed E-state index contributed by atoms with van der Waals surface area (Å²) in [6, 6.07) is 12.5. The van der Waals surface area contributed by atoms with E-state index in [-0.39, 0.29) is 0 Å². The molecule has 2 nitrogen and oxygen atoms in total. The minimum absolute atomic E-state index is 0.816. The van der Waals surface area contributed by atoms with Crippen molar-refractivity contribution < 1.29 is 0 Å². The van der Waals surface area contributed by atoms with E-state index in [4.69, 9.17) is 0 Å². The van der Waals surface area contributed by atoms with Gasteiger partial charge in [-0.05, 0) is 52.0 Å². The van der Waals surface area contributed by atoms with Gasteiger partial charge < -0.3 is 5.32 Å². The fraction of sp³-hybridized carbons (Fsp3) is 0.133. The lowest BCUT2D eigenvalue weighted by molar-refractivity contribution is 1.16. The van der Waals surface area contributed by atoms with Crippen molar-refractivity contribution in [3.63, 3.8) is 0 Å². The van der Waals surface area contributed by atoms with Crippen molar-refractivity contribution in [1.82, 2.24) is 4.98 Å². The minimum atomic E-state index is 0.816. The third kappa shape index (κ3) is 2.80. The summed E-state index contributed by atoms with van der Waals surface area (Å²) in [6.45, 7) is 2.84. The first-order chi connectivity index (χ1) is 9.22. The van der Waals surface area contributed by atoms with Crippen molar-refractivity contribution in [2.75, 3.05) is 5.32 Å². The molecule has 3 aromatic rings. The third-order valence-electron chi connectivity index (χ3n) is 2.96. The molecular formula is C15H13BrN2S. The lowest BCUT2D eigenvalue weighted by Crippen LogP contribution is -1.99. The molecule has 0 aliphatic rings. The zero-order valence-corrected chi connectivity index (χ0v) is 12.9. The Labute approximate surface area is 124 Å². The van der Waals surface area contributed by atoms with Gasteiger partial charge >= 0.3 is 0 Å². The normalized spacial score (nSPS) is 10.8. The molecule has 0 fully saturated rings. The molecule has 0 radical (unpaired) electrons. The molecule has 2 aromatic heterocycles. The van der Waals surface area contributed by atoms with E-state index in [1.807, 2.05) is 13.0 Å². The van der Waals surface area contributed by atoms with E-state index in [1.54, 1.807) is 11.3 Å². The van der Waals surface area contributed by atoms with Gasteiger partial charge in [-0.15, -0.1) is 11.3 Å². The van der Waals surface area contributed by atoms with Crippen LogP contribution in [-0.2, 0) is 6.54 Å². The molecule has 0 spiro atoms. The number of hydrogen-bond donors (Lipinski definition) is 1. The summed E-state index contributed by atoms with van der Waals surface area (Å²) in [5, 5.41) is 6.79. The van der Waals surface area contributed by atoms with E-state index >= 15 is 0 Å². The molecule has 4 heteroatoms. The lowest BCUT2D eigenvalue weighted by atomic mass is 10.1. The van der Waals surface area contributed by atoms with Crippen molar-refractivity contribution in [3.8, 4) is 0 Å². The van der Waals surface area contributed by atoms with Gasteiger partial charge in [-0.2, -0.15) is 0 Å². The second-order valence-electron chi connectivity index (χ2n) is 4.44. The number of aromatic nitrogens is 1. The SMILES string of the molecule is Cc1ccc2cccc(NCc3csc(Br)c3)c2n1. The first-order valence-corrected chi connectivity index (χ1v) is 7.73. The topological polar surface area (TPSA) is 24.9 Å². The number of rotatable bonds is 3. The largest absolute Gasteiger partial charge is 0.379 e. The van der Waals surface area contributed by atoms with Crippen LogP contribution in [0.25, 0.3) is 10.9 Å². The Balaban J connectivity index is 1.90. The highest BCUT2D eigenvalue weighted by Gasteiger charge is 2.03. The molecule has 3 rings (SSSR count). The number of aryl methyl sites for hydroxylation is 1. The number of para-hydroxylation sites is 1. The third-order valence-corrected chi connectivity index (χ3v) is 4.52. The number of nitrogens with one attached hydrogen (secondary N) is 1. The minimum Gasteiger partial charge on any atom is -0.379 e. The lowest BCUT2D eigenvalue weighted by Gasteiger charge is -2.08. The highest BCUT2D eigenvalue weighted by molar-refractivity contribution is 9.11. The number of nitrogens with zero attached hydrogens (tertiary/aromatic N) is 1. The van der Waals surface area contributed by atoms with Crippen molar-refractivity contribution >= 4 is 43.9 Å². The zero-order valence-electron chi connectivity index (χ0n) is 10.5. The molecule has 1 N–H and O–H groups in total. The van der Waals surface area contributed by atoms with Crippen LogP contribution < -0.4 is 5.32 Å². The van der Waals surface area contributed by atoms with Crippen LogP contribution in [0.15, 0.2) is 45.6 Å². The number of fused-ring (bicyclic) bond motifs is 1. The molecular weight excluding hydrogens is 320 g/mol. The summed E-state index contributed by atoms with van der Waals surface area (Å²) >= 11 is 5.19. The summed E-state index contributed by atoms with van der Waals surface area (Å²) in [5.41, 5.74) is 4.45. The summed E-state index contributed by atoms with van der Waals surface area (Å²) in [6.07, 6.45) is 0. The van der Waals surface area contributed by atoms with Crippen LogP contribution >= 0.6 is 27.3 Å². The van der Waals surface area contributed by atoms with E-state index in [0.29, 0.717) is 0 Å². The van der Waals surface area contributed by atoms with Crippen molar-refractivity contribution in [1.29, 1.82) is 0 Å². The van der Waals surface area contributed by atoms with Crippen molar-refractivity contribution in [2.24, 2.45) is 0 Å². The summed E-state index contributed by atoms with van der Waals surface area (Å²) in [4.78, 5) is 4.62. The van der Waals surface area contributed by atoms with Gasteiger partial charge in [0.2, 0.25) is 0 Å². The molecule has 1 aromatic carbocycles. The van der Waals surface area contributed by atoms with Crippen LogP contribution in [0.3, 0.4) is 0 Å². The quantitative estimate of drug-likeness (QED) is 0.731. The molecule has 2 heterocycles. The Kier molecular flexibility index (Phi) is 3.53. The van der Waals surface area contributed by atoms with Gasteiger partial charge in [0.25, 0.3) is 0 Å². The molecule has 96 valence electrons. The van der Waals surface area contributed by atoms with Gasteiger partial charge in [-0.3, -0.25) is 4.98 Å². The fourth-order valence-corrected chi connectivity index (χ4v) is 3.23. The Bertz CT molecular complexity index is 721. The van der Waals surface area contributed by atoms with Gasteiger partial charge in [0.1, 0.15) is 0 Å². The molecule has 19 heavy (non-hydrogen) atoms. The smallest absolute Gasteiger partial charge is 0.0936 e. The van der Waals surface area contributed by atoms with Gasteiger partial charge in [0, 0.05) is 17.6 Å². The molecule has 0 aliphatic carbocycles. The van der Waals surface area contributed by atoms with E-state index in [0.717, 1.165) is 27.2 Å². The molecule has 0 unspecified atom stereocenters. The number of anilines is 1. The van der Waals surface area contributed by atoms with Crippen LogP contribution in [-0.4, -0.2) is 4.98 Å². The molecule has 0 atom stereocenters. The van der Waals surface area contributed by atoms with Crippen LogP contribution in [0.1, 0.15) is 11.3 Å². The Hall–Kier alpha value is -1.39. The van der Waals surface area contributed by atoms with E-state index in [2.05, 4.69) is 61.9 Å². The van der Waals surface area contributed by atoms with Gasteiger partial charge in [0.15, 0.2) is 0 Å². The number of benzene rings is 1. The van der Waals surface area contributed by atoms with E-state index < -0.39 is 0 Å². The number of pyridine rings is 1. The maximum atomic E-state index is 4.62. The van der Waals surface area contributed by atoms with Crippen LogP contribution in [0.4, 0.5) is 5.69 Å². The second-order valence-corrected chi connectivity index (χ2v) is 6.73. The van der Waals surface area contributed by atoms with E-state index in [9.17, 15) is 0 Å². The maximum Gasteiger partial charge on any atom is 0.0936 e. The summed E-state index contributed by atoms with van der Waals surface area (Å²) in [7, 11) is 0. The van der Waals surface area contributed by atoms with Gasteiger partial charge in [-0.25, -0.2) is 0 Å². The Morgan fingerprint density at radius 2 is 2.16 bits per heavy atom. The molecule has 0 saturated carbocycles. The molecule has 0 saturated heterocycles. The second kappa shape index (κ2) is 5.31. The predicted molar refractivity (Wildman–Crippen MR) is 85.8 cm³/mol. The number of hydrogen-bond acceptors (Lipinski definition) is 3. The highest BCUT2D eigenvalue weighted by atomic mass is 79.9. The summed E-state index contributed by atoms with van der Waals surface area (Å²) in [5.74, 6) is 0. The van der Waals surface area contributed by atoms with E-state index in [1.165, 1.54) is 10.9 Å². The average molecular weight is 333 g/mol. The highest BCUT2D eigenvalue weighted by Crippen LogP contribution is 2.24. The van der Waals surface area contributed by atoms with Gasteiger partial charge in [0.05, 0.1) is 15.0 Å². The van der Waals surface area contributed by atoms with Crippen LogP contribution in [0.5, 0.6) is 0 Å². The predicted octanol–water partition coefficient (Wildman–Crippen LogP) is 4.98. The summed E-state index contributed by atoms with van der Waals surface area (Å²) < 4.78 is 1.16. The first kappa shape index (κ1) is 12.6. The zero-order chi connectivity index (χ0) is 13.2. The number of thiophene rings is 1. The fourth-order valence-electron chi connectivity index (χ4n) is 2.02. The maximum absolute atomic E-state index is 4.62. The molecule has 0 aliphatic heterocycles. The standard InChI is InChI=1S/C15H13BrN2S/c1-10-5-6-12-3-2-4-13(15(12)18-10)17-8-11-7-14(16)19-9-11/h2-7,9,17H,8H2,1H3. The first-order valence-electron chi connectivity index (χ1n) is 6.05. The van der Waals surface area contributed by atoms with Crippen molar-refractivity contribution in [2.45, 2.75) is 13.5 Å². The molecule has 0 bridgehead atoms. The Morgan fingerprint density at radius 3 is 2.95 bits per heavy atom. The van der Waals surface area contributed by atoms with Crippen LogP contribution in [0.2, 0.25) is 0 Å². The number of halogens is 1. The molecule has 0 amide bonds. The monoisotopic (exact) mass is 332 g/mol.